The predicted molar refractivity (Wildman–Crippen MR) is 51.9 cm³/mol. The molecule has 4 nitrogen and oxygen atoms in total. The van der Waals surface area contributed by atoms with Crippen LogP contribution in [-0.4, -0.2) is 17.7 Å². The maximum absolute atomic E-state index is 11.5. The number of ether oxygens (including phenoxy) is 1. The van der Waals surface area contributed by atoms with Gasteiger partial charge in [-0.25, -0.2) is 4.79 Å². The van der Waals surface area contributed by atoms with Crippen molar-refractivity contribution < 1.29 is 14.1 Å². The molecule has 0 saturated heterocycles. The Morgan fingerprint density at radius 1 is 1.64 bits per heavy atom. The number of esters is 1. The smallest absolute Gasteiger partial charge is 0.344 e. The molecule has 0 saturated carbocycles. The molecule has 0 aromatic carbocycles. The zero-order valence-electron chi connectivity index (χ0n) is 8.53. The molecule has 0 bridgehead atoms. The fraction of sp³-hybridized carbons (Fsp3) is 0.400. The molecule has 1 aromatic heterocycles. The van der Waals surface area contributed by atoms with Gasteiger partial charge in [0.05, 0.1) is 6.61 Å². The minimum Gasteiger partial charge on any atom is -0.462 e. The zero-order chi connectivity index (χ0) is 10.6. The normalized spacial score (nSPS) is 10.8. The van der Waals surface area contributed by atoms with E-state index in [-0.39, 0.29) is 5.97 Å². The Morgan fingerprint density at radius 2 is 2.36 bits per heavy atom. The first-order valence-electron chi connectivity index (χ1n) is 4.46. The van der Waals surface area contributed by atoms with Crippen LogP contribution in [0.2, 0.25) is 0 Å². The van der Waals surface area contributed by atoms with Crippen LogP contribution < -0.4 is 0 Å². The lowest BCUT2D eigenvalue weighted by Crippen LogP contribution is -2.06. The third kappa shape index (κ3) is 2.02. The lowest BCUT2D eigenvalue weighted by Gasteiger charge is -1.99. The van der Waals surface area contributed by atoms with Gasteiger partial charge in [0.25, 0.3) is 0 Å². The molecule has 0 N–H and O–H groups in total. The van der Waals surface area contributed by atoms with E-state index in [1.54, 1.807) is 26.0 Å². The Hall–Kier alpha value is -1.58. The molecule has 76 valence electrons. The summed E-state index contributed by atoms with van der Waals surface area (Å²) in [5.74, 6) is 0.0934. The highest BCUT2D eigenvalue weighted by atomic mass is 16.5. The fourth-order valence-corrected chi connectivity index (χ4v) is 1.11. The number of carbonyl (C=O) groups excluding carboxylic acids is 1. The molecule has 0 radical (unpaired) electrons. The molecule has 0 fully saturated rings. The minimum absolute atomic E-state index is 0.346. The molecule has 1 heterocycles. The van der Waals surface area contributed by atoms with Crippen molar-refractivity contribution in [1.82, 2.24) is 5.16 Å². The molecule has 0 amide bonds. The number of nitrogens with zero attached hydrogens (tertiary/aromatic N) is 1. The summed E-state index contributed by atoms with van der Waals surface area (Å²) in [6.07, 6.45) is 3.50. The number of allylic oxidation sites excluding steroid dienone is 1. The molecule has 0 aliphatic carbocycles. The standard InChI is InChI=1S/C10H13NO3/c1-4-6-8-9(7(3)14-11-8)10(12)13-5-2/h4,6H,5H2,1-3H3/b6-4-. The van der Waals surface area contributed by atoms with Crippen LogP contribution in [0.25, 0.3) is 6.08 Å². The molecule has 1 aromatic rings. The Morgan fingerprint density at radius 3 is 2.93 bits per heavy atom. The summed E-state index contributed by atoms with van der Waals surface area (Å²) in [6, 6.07) is 0. The molecule has 4 heteroatoms. The Labute approximate surface area is 82.5 Å². The van der Waals surface area contributed by atoms with Gasteiger partial charge in [0.2, 0.25) is 0 Å². The van der Waals surface area contributed by atoms with Crippen molar-refractivity contribution in [3.8, 4) is 0 Å². The van der Waals surface area contributed by atoms with Crippen LogP contribution >= 0.6 is 0 Å². The van der Waals surface area contributed by atoms with Crippen molar-refractivity contribution in [3.63, 3.8) is 0 Å². The van der Waals surface area contributed by atoms with Crippen LogP contribution in [0, 0.1) is 6.92 Å². The Kier molecular flexibility index (Phi) is 3.45. The van der Waals surface area contributed by atoms with Crippen LogP contribution in [0.4, 0.5) is 0 Å². The van der Waals surface area contributed by atoms with Gasteiger partial charge in [-0.2, -0.15) is 0 Å². The molecule has 0 atom stereocenters. The van der Waals surface area contributed by atoms with Crippen LogP contribution in [0.1, 0.15) is 35.7 Å². The number of hydrogen-bond acceptors (Lipinski definition) is 4. The Balaban J connectivity index is 3.04. The van der Waals surface area contributed by atoms with E-state index in [0.29, 0.717) is 23.6 Å². The minimum atomic E-state index is -0.389. The number of carbonyl (C=O) groups is 1. The largest absolute Gasteiger partial charge is 0.462 e. The molecule has 1 rings (SSSR count). The van der Waals surface area contributed by atoms with Crippen molar-refractivity contribution >= 4 is 12.0 Å². The second-order valence-corrected chi connectivity index (χ2v) is 2.72. The van der Waals surface area contributed by atoms with Gasteiger partial charge in [0.15, 0.2) is 0 Å². The SMILES string of the molecule is C/C=C\c1noc(C)c1C(=O)OCC. The van der Waals surface area contributed by atoms with Gasteiger partial charge in [-0.3, -0.25) is 0 Å². The summed E-state index contributed by atoms with van der Waals surface area (Å²) in [5.41, 5.74) is 0.924. The molecule has 0 unspecified atom stereocenters. The van der Waals surface area contributed by atoms with Crippen molar-refractivity contribution in [3.05, 3.63) is 23.1 Å². The highest BCUT2D eigenvalue weighted by molar-refractivity contribution is 5.93. The second kappa shape index (κ2) is 4.60. The van der Waals surface area contributed by atoms with Crippen LogP contribution in [0.15, 0.2) is 10.6 Å². The molecular weight excluding hydrogens is 182 g/mol. The lowest BCUT2D eigenvalue weighted by atomic mass is 10.2. The number of aromatic nitrogens is 1. The van der Waals surface area contributed by atoms with E-state index < -0.39 is 0 Å². The maximum atomic E-state index is 11.5. The van der Waals surface area contributed by atoms with Gasteiger partial charge in [-0.15, -0.1) is 0 Å². The highest BCUT2D eigenvalue weighted by Gasteiger charge is 2.19. The summed E-state index contributed by atoms with van der Waals surface area (Å²) in [5, 5.41) is 3.75. The van der Waals surface area contributed by atoms with Crippen LogP contribution in [0.3, 0.4) is 0 Å². The zero-order valence-corrected chi connectivity index (χ0v) is 8.53. The third-order valence-corrected chi connectivity index (χ3v) is 1.69. The van der Waals surface area contributed by atoms with E-state index in [1.165, 1.54) is 0 Å². The molecule has 0 spiro atoms. The summed E-state index contributed by atoms with van der Waals surface area (Å²) >= 11 is 0. The number of hydrogen-bond donors (Lipinski definition) is 0. The third-order valence-electron chi connectivity index (χ3n) is 1.69. The maximum Gasteiger partial charge on any atom is 0.344 e. The molecule has 0 aliphatic rings. The average Bonchev–Trinajstić information content (AvgIpc) is 2.48. The van der Waals surface area contributed by atoms with E-state index in [0.717, 1.165) is 0 Å². The van der Waals surface area contributed by atoms with E-state index >= 15 is 0 Å². The topological polar surface area (TPSA) is 52.3 Å². The van der Waals surface area contributed by atoms with Gasteiger partial charge in [0, 0.05) is 0 Å². The van der Waals surface area contributed by atoms with Crippen molar-refractivity contribution in [2.75, 3.05) is 6.61 Å². The molecule has 14 heavy (non-hydrogen) atoms. The van der Waals surface area contributed by atoms with E-state index in [4.69, 9.17) is 9.26 Å². The highest BCUT2D eigenvalue weighted by Crippen LogP contribution is 2.15. The lowest BCUT2D eigenvalue weighted by molar-refractivity contribution is 0.0524. The van der Waals surface area contributed by atoms with Crippen molar-refractivity contribution in [2.45, 2.75) is 20.8 Å². The van der Waals surface area contributed by atoms with E-state index in [2.05, 4.69) is 5.16 Å². The van der Waals surface area contributed by atoms with Crippen LogP contribution in [0.5, 0.6) is 0 Å². The van der Waals surface area contributed by atoms with Gasteiger partial charge >= 0.3 is 5.97 Å². The summed E-state index contributed by atoms with van der Waals surface area (Å²) in [4.78, 5) is 11.5. The van der Waals surface area contributed by atoms with Gasteiger partial charge < -0.3 is 9.26 Å². The van der Waals surface area contributed by atoms with Gasteiger partial charge in [0.1, 0.15) is 17.0 Å². The van der Waals surface area contributed by atoms with E-state index in [1.807, 2.05) is 6.92 Å². The first kappa shape index (κ1) is 10.5. The second-order valence-electron chi connectivity index (χ2n) is 2.72. The van der Waals surface area contributed by atoms with Gasteiger partial charge in [-0.1, -0.05) is 11.2 Å². The first-order chi connectivity index (χ1) is 6.70. The van der Waals surface area contributed by atoms with E-state index in [9.17, 15) is 4.79 Å². The summed E-state index contributed by atoms with van der Waals surface area (Å²) in [6.45, 7) is 5.64. The van der Waals surface area contributed by atoms with Crippen molar-refractivity contribution in [2.24, 2.45) is 0 Å². The number of rotatable bonds is 3. The number of aryl methyl sites for hydroxylation is 1. The monoisotopic (exact) mass is 195 g/mol. The fourth-order valence-electron chi connectivity index (χ4n) is 1.11. The van der Waals surface area contributed by atoms with Crippen LogP contribution in [-0.2, 0) is 4.74 Å². The van der Waals surface area contributed by atoms with Gasteiger partial charge in [-0.05, 0) is 26.8 Å². The summed E-state index contributed by atoms with van der Waals surface area (Å²) in [7, 11) is 0. The molecule has 0 aliphatic heterocycles. The molecular formula is C10H13NO3. The average molecular weight is 195 g/mol. The van der Waals surface area contributed by atoms with Crippen molar-refractivity contribution in [1.29, 1.82) is 0 Å². The quantitative estimate of drug-likeness (QED) is 0.694. The predicted octanol–water partition coefficient (Wildman–Crippen LogP) is 2.19. The first-order valence-corrected chi connectivity index (χ1v) is 4.46. The Bertz CT molecular complexity index is 352. The summed E-state index contributed by atoms with van der Waals surface area (Å²) < 4.78 is 9.79.